The summed E-state index contributed by atoms with van der Waals surface area (Å²) in [6, 6.07) is 16.1. The maximum Gasteiger partial charge on any atom is 0.362 e. The first-order chi connectivity index (χ1) is 18.0. The number of benzene rings is 2. The van der Waals surface area contributed by atoms with Crippen molar-refractivity contribution in [3.63, 3.8) is 0 Å². The van der Waals surface area contributed by atoms with Gasteiger partial charge in [0.1, 0.15) is 6.04 Å². The van der Waals surface area contributed by atoms with Crippen molar-refractivity contribution in [1.82, 2.24) is 10.2 Å². The predicted molar refractivity (Wildman–Crippen MR) is 144 cm³/mol. The van der Waals surface area contributed by atoms with Crippen LogP contribution in [0.2, 0.25) is 0 Å². The van der Waals surface area contributed by atoms with Crippen molar-refractivity contribution in [2.75, 3.05) is 37.7 Å². The highest BCUT2D eigenvalue weighted by atomic mass is 32.2. The van der Waals surface area contributed by atoms with Crippen LogP contribution in [0.5, 0.6) is 0 Å². The Bertz CT molecular complexity index is 1250. The Labute approximate surface area is 224 Å². The Morgan fingerprint density at radius 3 is 2.34 bits per heavy atom. The second-order valence-electron chi connectivity index (χ2n) is 10.5. The average molecular weight is 545 g/mol. The van der Waals surface area contributed by atoms with Crippen molar-refractivity contribution in [2.45, 2.75) is 50.3 Å². The molecule has 38 heavy (non-hydrogen) atoms. The van der Waals surface area contributed by atoms with Crippen LogP contribution in [0.25, 0.3) is 0 Å². The number of carbonyl (C=O) groups excluding carboxylic acids is 2. The fourth-order valence-electron chi connectivity index (χ4n) is 5.07. The summed E-state index contributed by atoms with van der Waals surface area (Å²) in [6.45, 7) is 4.53. The second-order valence-corrected chi connectivity index (χ2v) is 12.1. The summed E-state index contributed by atoms with van der Waals surface area (Å²) in [5.41, 5.74) is 6.88. The van der Waals surface area contributed by atoms with Crippen molar-refractivity contribution in [2.24, 2.45) is 5.73 Å². The van der Waals surface area contributed by atoms with E-state index in [1.165, 1.54) is 4.31 Å². The van der Waals surface area contributed by atoms with Gasteiger partial charge in [0.2, 0.25) is 11.8 Å². The van der Waals surface area contributed by atoms with E-state index in [0.29, 0.717) is 38.2 Å². The van der Waals surface area contributed by atoms with Gasteiger partial charge < -0.3 is 20.7 Å². The molecule has 1 spiro atoms. The van der Waals surface area contributed by atoms with Gasteiger partial charge in [-0.25, -0.2) is 4.31 Å². The lowest BCUT2D eigenvalue weighted by Crippen LogP contribution is -2.59. The zero-order chi connectivity index (χ0) is 27.6. The summed E-state index contributed by atoms with van der Waals surface area (Å²) < 4.78 is 37.2. The zero-order valence-corrected chi connectivity index (χ0v) is 22.9. The minimum Gasteiger partial charge on any atom is -0.374 e. The van der Waals surface area contributed by atoms with Crippen molar-refractivity contribution >= 4 is 27.8 Å². The summed E-state index contributed by atoms with van der Waals surface area (Å²) in [7, 11) is -2.76. The molecule has 0 aliphatic carbocycles. The average Bonchev–Trinajstić information content (AvgIpc) is 3.23. The lowest BCUT2D eigenvalue weighted by Gasteiger charge is -2.41. The number of piperidine rings is 1. The van der Waals surface area contributed by atoms with E-state index < -0.39 is 33.2 Å². The number of likely N-dealkylation sites (tertiary alicyclic amines) is 1. The van der Waals surface area contributed by atoms with E-state index in [1.54, 1.807) is 30.9 Å². The van der Waals surface area contributed by atoms with Crippen LogP contribution in [0.1, 0.15) is 37.8 Å². The molecule has 4 rings (SSSR count). The fourth-order valence-corrected chi connectivity index (χ4v) is 6.05. The second kappa shape index (κ2) is 11.0. The first-order valence-corrected chi connectivity index (χ1v) is 14.0. The van der Waals surface area contributed by atoms with Gasteiger partial charge >= 0.3 is 10.3 Å². The molecule has 1 unspecified atom stereocenters. The molecule has 2 aromatic rings. The molecular formula is C27H36N4O6S. The first kappa shape index (κ1) is 28.0. The third kappa shape index (κ3) is 5.85. The Kier molecular flexibility index (Phi) is 8.12. The third-order valence-corrected chi connectivity index (χ3v) is 8.57. The van der Waals surface area contributed by atoms with Crippen LogP contribution in [0, 0.1) is 0 Å². The number of anilines is 1. The van der Waals surface area contributed by atoms with Crippen molar-refractivity contribution in [3.05, 3.63) is 65.7 Å². The highest BCUT2D eigenvalue weighted by Gasteiger charge is 2.49. The van der Waals surface area contributed by atoms with E-state index >= 15 is 0 Å². The van der Waals surface area contributed by atoms with Gasteiger partial charge in [-0.3, -0.25) is 13.8 Å². The molecule has 2 aliphatic heterocycles. The number of nitrogens with one attached hydrogen (secondary N) is 1. The van der Waals surface area contributed by atoms with Crippen molar-refractivity contribution in [3.8, 4) is 0 Å². The molecule has 0 radical (unpaired) electrons. The number of carbonyl (C=O) groups is 2. The van der Waals surface area contributed by atoms with Crippen molar-refractivity contribution < 1.29 is 26.9 Å². The molecule has 2 aromatic carbocycles. The Balaban J connectivity index is 1.47. The van der Waals surface area contributed by atoms with Gasteiger partial charge in [0.25, 0.3) is 0 Å². The monoisotopic (exact) mass is 544 g/mol. The standard InChI is InChI=1S/C27H36N4O6S/c1-26(2,28)25(33)29-22(18-37-17-20-9-5-4-6-10-20)24(32)30-15-13-27(14-16-30)19-31(38(34,35)36-3)23-12-8-7-11-21(23)27/h4-12,22H,13-19,28H2,1-3H3,(H,29,33). The van der Waals surface area contributed by atoms with E-state index in [9.17, 15) is 18.0 Å². The van der Waals surface area contributed by atoms with E-state index in [1.807, 2.05) is 42.5 Å². The third-order valence-electron chi connectivity index (χ3n) is 7.29. The summed E-state index contributed by atoms with van der Waals surface area (Å²) in [4.78, 5) is 28.0. The largest absolute Gasteiger partial charge is 0.374 e. The lowest BCUT2D eigenvalue weighted by molar-refractivity contribution is -0.140. The van der Waals surface area contributed by atoms with Gasteiger partial charge in [0.15, 0.2) is 0 Å². The molecule has 2 amide bonds. The topological polar surface area (TPSA) is 131 Å². The quantitative estimate of drug-likeness (QED) is 0.491. The minimum absolute atomic E-state index is 0.000115. The Morgan fingerprint density at radius 1 is 1.08 bits per heavy atom. The van der Waals surface area contributed by atoms with Crippen LogP contribution < -0.4 is 15.4 Å². The molecule has 2 heterocycles. The summed E-state index contributed by atoms with van der Waals surface area (Å²) in [6.07, 6.45) is 1.14. The SMILES string of the molecule is COS(=O)(=O)N1CC2(CCN(C(=O)C(COCc3ccccc3)NC(=O)C(C)(C)N)CC2)c2ccccc21. The summed E-state index contributed by atoms with van der Waals surface area (Å²) >= 11 is 0. The van der Waals surface area contributed by atoms with E-state index in [0.717, 1.165) is 18.2 Å². The number of ether oxygens (including phenoxy) is 1. The van der Waals surface area contributed by atoms with Crippen LogP contribution in [-0.4, -0.2) is 70.1 Å². The van der Waals surface area contributed by atoms with E-state index in [4.69, 9.17) is 14.7 Å². The molecular weight excluding hydrogens is 508 g/mol. The molecule has 206 valence electrons. The van der Waals surface area contributed by atoms with E-state index in [-0.39, 0.29) is 19.1 Å². The highest BCUT2D eigenvalue weighted by molar-refractivity contribution is 7.88. The molecule has 0 saturated carbocycles. The van der Waals surface area contributed by atoms with Crippen LogP contribution >= 0.6 is 0 Å². The molecule has 1 atom stereocenters. The molecule has 10 nitrogen and oxygen atoms in total. The van der Waals surface area contributed by atoms with Crippen LogP contribution in [0.3, 0.4) is 0 Å². The van der Waals surface area contributed by atoms with Gasteiger partial charge in [0.05, 0.1) is 31.5 Å². The number of rotatable bonds is 9. The molecule has 11 heteroatoms. The molecule has 0 aromatic heterocycles. The van der Waals surface area contributed by atoms with Crippen LogP contribution in [0.15, 0.2) is 54.6 Å². The number of hydrogen-bond acceptors (Lipinski definition) is 7. The maximum absolute atomic E-state index is 13.6. The lowest BCUT2D eigenvalue weighted by atomic mass is 9.74. The normalized spacial score (nSPS) is 17.8. The van der Waals surface area contributed by atoms with Gasteiger partial charge in [-0.05, 0) is 43.9 Å². The number of fused-ring (bicyclic) bond motifs is 2. The van der Waals surface area contributed by atoms with Gasteiger partial charge in [-0.1, -0.05) is 48.5 Å². The molecule has 2 aliphatic rings. The maximum atomic E-state index is 13.6. The molecule has 3 N–H and O–H groups in total. The Hall–Kier alpha value is -2.99. The summed E-state index contributed by atoms with van der Waals surface area (Å²) in [5.74, 6) is -0.698. The number of nitrogens with two attached hydrogens (primary N) is 1. The minimum atomic E-state index is -3.91. The van der Waals surface area contributed by atoms with Crippen LogP contribution in [-0.2, 0) is 40.8 Å². The molecule has 0 bridgehead atoms. The van der Waals surface area contributed by atoms with Crippen LogP contribution in [0.4, 0.5) is 5.69 Å². The predicted octanol–water partition coefficient (Wildman–Crippen LogP) is 1.70. The smallest absolute Gasteiger partial charge is 0.362 e. The van der Waals surface area contributed by atoms with E-state index in [2.05, 4.69) is 5.32 Å². The number of hydrogen-bond donors (Lipinski definition) is 2. The first-order valence-electron chi connectivity index (χ1n) is 12.6. The van der Waals surface area contributed by atoms with Gasteiger partial charge in [0, 0.05) is 25.0 Å². The fraction of sp³-hybridized carbons (Fsp3) is 0.481. The number of para-hydroxylation sites is 1. The molecule has 1 saturated heterocycles. The summed E-state index contributed by atoms with van der Waals surface area (Å²) in [5, 5.41) is 2.77. The highest BCUT2D eigenvalue weighted by Crippen LogP contribution is 2.48. The number of nitrogens with zero attached hydrogens (tertiary/aromatic N) is 2. The zero-order valence-electron chi connectivity index (χ0n) is 22.1. The van der Waals surface area contributed by atoms with Gasteiger partial charge in [-0.15, -0.1) is 0 Å². The number of amides is 2. The molecule has 1 fully saturated rings. The van der Waals surface area contributed by atoms with Crippen molar-refractivity contribution in [1.29, 1.82) is 0 Å². The van der Waals surface area contributed by atoms with Gasteiger partial charge in [-0.2, -0.15) is 8.42 Å². The Morgan fingerprint density at radius 2 is 1.71 bits per heavy atom.